The highest BCUT2D eigenvalue weighted by molar-refractivity contribution is 8.13. The van der Waals surface area contributed by atoms with Crippen LogP contribution in [0.2, 0.25) is 0 Å². The lowest BCUT2D eigenvalue weighted by Crippen LogP contribution is -2.16. The van der Waals surface area contributed by atoms with E-state index >= 15 is 0 Å². The van der Waals surface area contributed by atoms with E-state index in [4.69, 9.17) is 0 Å². The van der Waals surface area contributed by atoms with Crippen molar-refractivity contribution in [2.75, 3.05) is 26.0 Å². The van der Waals surface area contributed by atoms with Crippen molar-refractivity contribution in [1.29, 1.82) is 0 Å². The molecule has 23 heavy (non-hydrogen) atoms. The summed E-state index contributed by atoms with van der Waals surface area (Å²) in [7, 11) is 3.50. The lowest BCUT2D eigenvalue weighted by atomic mass is 10.1. The van der Waals surface area contributed by atoms with Gasteiger partial charge in [-0.05, 0) is 42.4 Å². The predicted octanol–water partition coefficient (Wildman–Crippen LogP) is 4.23. The Morgan fingerprint density at radius 1 is 1.13 bits per heavy atom. The van der Waals surface area contributed by atoms with Crippen LogP contribution in [-0.4, -0.2) is 30.8 Å². The standard InChI is InChI=1S/C19H20N2OS/c1-15-9-4-5-10-16(15)11-8-14-20-17-12-6-7-13-18(17)23-19(22)21(2)3/h4-7,9-10,12-13,20H,14H2,1-3H3. The molecule has 4 heteroatoms. The molecule has 0 atom stereocenters. The van der Waals surface area contributed by atoms with Crippen LogP contribution in [0.5, 0.6) is 0 Å². The van der Waals surface area contributed by atoms with E-state index in [2.05, 4.69) is 30.1 Å². The van der Waals surface area contributed by atoms with Gasteiger partial charge in [-0.15, -0.1) is 0 Å². The van der Waals surface area contributed by atoms with Gasteiger partial charge in [-0.2, -0.15) is 0 Å². The third-order valence-corrected chi connectivity index (χ3v) is 4.30. The zero-order valence-corrected chi connectivity index (χ0v) is 14.4. The summed E-state index contributed by atoms with van der Waals surface area (Å²) in [5, 5.41) is 3.29. The molecule has 0 radical (unpaired) electrons. The maximum absolute atomic E-state index is 11.9. The molecule has 0 aliphatic heterocycles. The average molecular weight is 324 g/mol. The van der Waals surface area contributed by atoms with E-state index in [1.807, 2.05) is 42.5 Å². The Morgan fingerprint density at radius 2 is 1.83 bits per heavy atom. The van der Waals surface area contributed by atoms with Crippen molar-refractivity contribution in [1.82, 2.24) is 4.90 Å². The number of carbonyl (C=O) groups is 1. The van der Waals surface area contributed by atoms with E-state index < -0.39 is 0 Å². The van der Waals surface area contributed by atoms with E-state index in [-0.39, 0.29) is 5.24 Å². The number of nitrogens with one attached hydrogen (secondary N) is 1. The third kappa shape index (κ3) is 5.08. The maximum Gasteiger partial charge on any atom is 0.286 e. The number of hydrogen-bond acceptors (Lipinski definition) is 3. The second-order valence-electron chi connectivity index (χ2n) is 5.23. The summed E-state index contributed by atoms with van der Waals surface area (Å²) >= 11 is 1.21. The molecule has 0 saturated carbocycles. The van der Waals surface area contributed by atoms with Crippen LogP contribution < -0.4 is 5.32 Å². The summed E-state index contributed by atoms with van der Waals surface area (Å²) in [5.74, 6) is 6.30. The molecule has 1 N–H and O–H groups in total. The Balaban J connectivity index is 2.02. The molecule has 0 unspecified atom stereocenters. The number of thioether (sulfide) groups is 1. The van der Waals surface area contributed by atoms with Crippen molar-refractivity contribution in [2.45, 2.75) is 11.8 Å². The quantitative estimate of drug-likeness (QED) is 0.677. The summed E-state index contributed by atoms with van der Waals surface area (Å²) in [6.07, 6.45) is 0. The van der Waals surface area contributed by atoms with Crippen LogP contribution in [0.4, 0.5) is 10.5 Å². The summed E-state index contributed by atoms with van der Waals surface area (Å²) in [6, 6.07) is 15.8. The molecule has 2 rings (SSSR count). The van der Waals surface area contributed by atoms with Crippen LogP contribution in [-0.2, 0) is 0 Å². The highest BCUT2D eigenvalue weighted by Crippen LogP contribution is 2.28. The number of hydrogen-bond donors (Lipinski definition) is 1. The van der Waals surface area contributed by atoms with Gasteiger partial charge >= 0.3 is 0 Å². The van der Waals surface area contributed by atoms with Crippen molar-refractivity contribution in [3.05, 3.63) is 59.7 Å². The summed E-state index contributed by atoms with van der Waals surface area (Å²) in [4.78, 5) is 14.3. The molecule has 0 spiro atoms. The lowest BCUT2D eigenvalue weighted by molar-refractivity contribution is 0.241. The molecule has 2 aromatic carbocycles. The Labute approximate surface area is 142 Å². The predicted molar refractivity (Wildman–Crippen MR) is 97.9 cm³/mol. The molecule has 2 aromatic rings. The molecule has 0 heterocycles. The molecule has 0 aromatic heterocycles. The van der Waals surface area contributed by atoms with Crippen molar-refractivity contribution < 1.29 is 4.79 Å². The number of anilines is 1. The SMILES string of the molecule is Cc1ccccc1C#CCNc1ccccc1SC(=O)N(C)C. The van der Waals surface area contributed by atoms with Crippen LogP contribution in [0.25, 0.3) is 0 Å². The number of aryl methyl sites for hydroxylation is 1. The maximum atomic E-state index is 11.9. The van der Waals surface area contributed by atoms with Crippen molar-refractivity contribution in [2.24, 2.45) is 0 Å². The summed E-state index contributed by atoms with van der Waals surface area (Å²) < 4.78 is 0. The van der Waals surface area contributed by atoms with E-state index in [0.29, 0.717) is 6.54 Å². The Bertz CT molecular complexity index is 744. The summed E-state index contributed by atoms with van der Waals surface area (Å²) in [5.41, 5.74) is 3.14. The number of rotatable bonds is 3. The number of para-hydroxylation sites is 1. The van der Waals surface area contributed by atoms with Crippen molar-refractivity contribution in [3.63, 3.8) is 0 Å². The third-order valence-electron chi connectivity index (χ3n) is 3.18. The first-order valence-electron chi connectivity index (χ1n) is 7.34. The average Bonchev–Trinajstić information content (AvgIpc) is 2.54. The normalized spacial score (nSPS) is 9.70. The van der Waals surface area contributed by atoms with Crippen LogP contribution in [0.3, 0.4) is 0 Å². The van der Waals surface area contributed by atoms with Gasteiger partial charge in [-0.1, -0.05) is 42.2 Å². The van der Waals surface area contributed by atoms with E-state index in [0.717, 1.165) is 16.1 Å². The fraction of sp³-hybridized carbons (Fsp3) is 0.211. The molecule has 0 fully saturated rings. The van der Waals surface area contributed by atoms with Crippen LogP contribution >= 0.6 is 11.8 Å². The highest BCUT2D eigenvalue weighted by Gasteiger charge is 2.09. The summed E-state index contributed by atoms with van der Waals surface area (Å²) in [6.45, 7) is 2.58. The largest absolute Gasteiger partial charge is 0.373 e. The first kappa shape index (κ1) is 17.0. The van der Waals surface area contributed by atoms with Crippen molar-refractivity contribution >= 4 is 22.7 Å². The molecule has 0 bridgehead atoms. The fourth-order valence-corrected chi connectivity index (χ4v) is 2.65. The molecule has 0 saturated heterocycles. The minimum atomic E-state index is 0.00486. The first-order chi connectivity index (χ1) is 11.1. The molecule has 1 amide bonds. The van der Waals surface area contributed by atoms with E-state index in [1.54, 1.807) is 19.0 Å². The molecular weight excluding hydrogens is 304 g/mol. The zero-order chi connectivity index (χ0) is 16.7. The van der Waals surface area contributed by atoms with Crippen LogP contribution in [0.1, 0.15) is 11.1 Å². The Morgan fingerprint density at radius 3 is 2.57 bits per heavy atom. The Kier molecular flexibility index (Phi) is 6.13. The molecule has 118 valence electrons. The van der Waals surface area contributed by atoms with Crippen LogP contribution in [0, 0.1) is 18.8 Å². The zero-order valence-electron chi connectivity index (χ0n) is 13.6. The van der Waals surface area contributed by atoms with Gasteiger partial charge < -0.3 is 10.2 Å². The lowest BCUT2D eigenvalue weighted by Gasteiger charge is -2.12. The van der Waals surface area contributed by atoms with Gasteiger partial charge in [-0.3, -0.25) is 4.79 Å². The number of carbonyl (C=O) groups excluding carboxylic acids is 1. The second kappa shape index (κ2) is 8.30. The number of amides is 1. The number of benzene rings is 2. The first-order valence-corrected chi connectivity index (χ1v) is 8.16. The highest BCUT2D eigenvalue weighted by atomic mass is 32.2. The topological polar surface area (TPSA) is 32.3 Å². The molecule has 0 aliphatic rings. The van der Waals surface area contributed by atoms with Crippen molar-refractivity contribution in [3.8, 4) is 11.8 Å². The Hall–Kier alpha value is -2.38. The fourth-order valence-electron chi connectivity index (χ4n) is 1.88. The van der Waals surface area contributed by atoms with E-state index in [9.17, 15) is 4.79 Å². The molecular formula is C19H20N2OS. The minimum Gasteiger partial charge on any atom is -0.373 e. The molecule has 0 aliphatic carbocycles. The minimum absolute atomic E-state index is 0.00486. The van der Waals surface area contributed by atoms with Gasteiger partial charge in [0.15, 0.2) is 0 Å². The second-order valence-corrected chi connectivity index (χ2v) is 6.22. The van der Waals surface area contributed by atoms with Gasteiger partial charge in [0.05, 0.1) is 6.54 Å². The van der Waals surface area contributed by atoms with Crippen LogP contribution in [0.15, 0.2) is 53.4 Å². The van der Waals surface area contributed by atoms with Gasteiger partial charge in [0.2, 0.25) is 0 Å². The number of nitrogens with zero attached hydrogens (tertiary/aromatic N) is 1. The molecule has 3 nitrogen and oxygen atoms in total. The van der Waals surface area contributed by atoms with Gasteiger partial charge in [0, 0.05) is 30.2 Å². The van der Waals surface area contributed by atoms with Gasteiger partial charge in [0.1, 0.15) is 0 Å². The van der Waals surface area contributed by atoms with E-state index in [1.165, 1.54) is 17.3 Å². The monoisotopic (exact) mass is 324 g/mol. The van der Waals surface area contributed by atoms with Gasteiger partial charge in [0.25, 0.3) is 5.24 Å². The smallest absolute Gasteiger partial charge is 0.286 e. The van der Waals surface area contributed by atoms with Gasteiger partial charge in [-0.25, -0.2) is 0 Å².